The van der Waals surface area contributed by atoms with Crippen LogP contribution in [0.2, 0.25) is 0 Å². The van der Waals surface area contributed by atoms with Gasteiger partial charge in [0.25, 0.3) is 0 Å². The third kappa shape index (κ3) is 4.33. The molecule has 0 saturated carbocycles. The zero-order chi connectivity index (χ0) is 20.1. The highest BCUT2D eigenvalue weighted by molar-refractivity contribution is 5.65. The Morgan fingerprint density at radius 1 is 1.00 bits per heavy atom. The van der Waals surface area contributed by atoms with Gasteiger partial charge in [0.1, 0.15) is 17.1 Å². The molecule has 0 aliphatic carbocycles. The van der Waals surface area contributed by atoms with Crippen molar-refractivity contribution in [3.05, 3.63) is 66.4 Å². The number of aromatic nitrogens is 2. The maximum absolute atomic E-state index is 13.4. The predicted molar refractivity (Wildman–Crippen MR) is 99.2 cm³/mol. The summed E-state index contributed by atoms with van der Waals surface area (Å²) < 4.78 is 51.1. The van der Waals surface area contributed by atoms with Crippen molar-refractivity contribution in [2.45, 2.75) is 13.1 Å². The van der Waals surface area contributed by atoms with E-state index in [2.05, 4.69) is 9.97 Å². The van der Waals surface area contributed by atoms with Crippen LogP contribution >= 0.6 is 0 Å². The van der Waals surface area contributed by atoms with E-state index in [-0.39, 0.29) is 11.7 Å². The topological polar surface area (TPSA) is 47.5 Å². The number of anilines is 2. The molecule has 146 valence electrons. The van der Waals surface area contributed by atoms with Gasteiger partial charge < -0.3 is 14.4 Å². The fourth-order valence-corrected chi connectivity index (χ4v) is 2.51. The zero-order valence-corrected chi connectivity index (χ0v) is 15.3. The lowest BCUT2D eigenvalue weighted by atomic mass is 10.2. The van der Waals surface area contributed by atoms with Crippen molar-refractivity contribution >= 4 is 11.6 Å². The molecule has 0 radical (unpaired) electrons. The number of ether oxygens (including phenoxy) is 2. The second kappa shape index (κ2) is 8.16. The Balaban J connectivity index is 2.02. The molecule has 0 bridgehead atoms. The minimum atomic E-state index is -4.65. The summed E-state index contributed by atoms with van der Waals surface area (Å²) >= 11 is 0. The Hall–Kier alpha value is -3.29. The van der Waals surface area contributed by atoms with Crippen molar-refractivity contribution in [2.24, 2.45) is 0 Å². The van der Waals surface area contributed by atoms with Crippen LogP contribution in [0.25, 0.3) is 0 Å². The first-order valence-corrected chi connectivity index (χ1v) is 8.53. The highest BCUT2D eigenvalue weighted by Crippen LogP contribution is 2.38. The third-order valence-electron chi connectivity index (χ3n) is 3.83. The predicted octanol–water partition coefficient (Wildman–Crippen LogP) is 5.45. The molecule has 1 aromatic heterocycles. The lowest BCUT2D eigenvalue weighted by Crippen LogP contribution is -2.17. The largest absolute Gasteiger partial charge is 0.492 e. The van der Waals surface area contributed by atoms with Gasteiger partial charge in [-0.05, 0) is 31.2 Å². The quantitative estimate of drug-likeness (QED) is 0.561. The van der Waals surface area contributed by atoms with Gasteiger partial charge in [-0.3, -0.25) is 0 Å². The van der Waals surface area contributed by atoms with E-state index in [9.17, 15) is 13.2 Å². The van der Waals surface area contributed by atoms with Gasteiger partial charge in [-0.1, -0.05) is 30.3 Å². The van der Waals surface area contributed by atoms with E-state index in [4.69, 9.17) is 9.47 Å². The molecule has 0 N–H and O–H groups in total. The molecule has 1 heterocycles. The summed E-state index contributed by atoms with van der Waals surface area (Å²) in [5.74, 6) is 0.298. The normalized spacial score (nSPS) is 11.2. The molecule has 5 nitrogen and oxygen atoms in total. The number of hydrogen-bond donors (Lipinski definition) is 0. The van der Waals surface area contributed by atoms with Crippen molar-refractivity contribution in [3.63, 3.8) is 0 Å². The van der Waals surface area contributed by atoms with Crippen LogP contribution in [0.3, 0.4) is 0 Å². The molecule has 8 heteroatoms. The molecule has 0 amide bonds. The highest BCUT2D eigenvalue weighted by atomic mass is 19.4. The number of rotatable bonds is 6. The SMILES string of the molecule is CCOc1ccccc1N(C)c1ncc(C(F)(F)F)c(Oc2ccccc2)n1. The van der Waals surface area contributed by atoms with E-state index >= 15 is 0 Å². The van der Waals surface area contributed by atoms with Crippen LogP contribution in [0.1, 0.15) is 12.5 Å². The Bertz CT molecular complexity index is 933. The average molecular weight is 389 g/mol. The van der Waals surface area contributed by atoms with Gasteiger partial charge in [0.05, 0.1) is 12.3 Å². The van der Waals surface area contributed by atoms with Gasteiger partial charge in [0, 0.05) is 13.2 Å². The Labute approximate surface area is 160 Å². The highest BCUT2D eigenvalue weighted by Gasteiger charge is 2.37. The Morgan fingerprint density at radius 3 is 2.36 bits per heavy atom. The van der Waals surface area contributed by atoms with Gasteiger partial charge in [0.2, 0.25) is 11.8 Å². The summed E-state index contributed by atoms with van der Waals surface area (Å²) in [6, 6.07) is 15.3. The van der Waals surface area contributed by atoms with Crippen molar-refractivity contribution < 1.29 is 22.6 Å². The first-order valence-electron chi connectivity index (χ1n) is 8.53. The van der Waals surface area contributed by atoms with Crippen LogP contribution in [0, 0.1) is 0 Å². The van der Waals surface area contributed by atoms with E-state index < -0.39 is 17.6 Å². The minimum absolute atomic E-state index is 0.0473. The number of alkyl halides is 3. The van der Waals surface area contributed by atoms with E-state index in [1.54, 1.807) is 66.5 Å². The maximum atomic E-state index is 13.4. The molecule has 0 aliphatic heterocycles. The minimum Gasteiger partial charge on any atom is -0.492 e. The lowest BCUT2D eigenvalue weighted by molar-refractivity contribution is -0.139. The van der Waals surface area contributed by atoms with Gasteiger partial charge in [0.15, 0.2) is 0 Å². The molecule has 3 rings (SSSR count). The fraction of sp³-hybridized carbons (Fsp3) is 0.200. The summed E-state index contributed by atoms with van der Waals surface area (Å²) in [6.07, 6.45) is -3.93. The zero-order valence-electron chi connectivity index (χ0n) is 15.3. The van der Waals surface area contributed by atoms with Crippen LogP contribution in [0.5, 0.6) is 17.4 Å². The maximum Gasteiger partial charge on any atom is 0.423 e. The average Bonchev–Trinajstić information content (AvgIpc) is 2.68. The van der Waals surface area contributed by atoms with Crippen molar-refractivity contribution in [1.82, 2.24) is 9.97 Å². The second-order valence-electron chi connectivity index (χ2n) is 5.76. The van der Waals surface area contributed by atoms with Gasteiger partial charge in [-0.2, -0.15) is 18.2 Å². The molecule has 0 saturated heterocycles. The molecule has 0 spiro atoms. The van der Waals surface area contributed by atoms with E-state index in [1.807, 2.05) is 6.92 Å². The lowest BCUT2D eigenvalue weighted by Gasteiger charge is -2.21. The molecule has 0 aliphatic rings. The van der Waals surface area contributed by atoms with Crippen LogP contribution in [0.15, 0.2) is 60.8 Å². The summed E-state index contributed by atoms with van der Waals surface area (Å²) in [7, 11) is 1.65. The van der Waals surface area contributed by atoms with Crippen LogP contribution in [-0.4, -0.2) is 23.6 Å². The molecule has 0 fully saturated rings. The first kappa shape index (κ1) is 19.5. The summed E-state index contributed by atoms with van der Waals surface area (Å²) in [4.78, 5) is 9.46. The number of benzene rings is 2. The monoisotopic (exact) mass is 389 g/mol. The van der Waals surface area contributed by atoms with Crippen LogP contribution in [-0.2, 0) is 6.18 Å². The number of hydrogen-bond acceptors (Lipinski definition) is 5. The van der Waals surface area contributed by atoms with Gasteiger partial charge in [-0.25, -0.2) is 4.98 Å². The number of nitrogens with zero attached hydrogens (tertiary/aromatic N) is 3. The first-order chi connectivity index (χ1) is 13.4. The molecule has 0 atom stereocenters. The van der Waals surface area contributed by atoms with E-state index in [0.29, 0.717) is 18.0 Å². The van der Waals surface area contributed by atoms with Crippen LogP contribution in [0.4, 0.5) is 24.8 Å². The van der Waals surface area contributed by atoms with E-state index in [1.165, 1.54) is 0 Å². The number of halogens is 3. The van der Waals surface area contributed by atoms with Crippen molar-refractivity contribution in [3.8, 4) is 17.4 Å². The summed E-state index contributed by atoms with van der Waals surface area (Å²) in [6.45, 7) is 2.29. The Kier molecular flexibility index (Phi) is 5.67. The van der Waals surface area contributed by atoms with Crippen molar-refractivity contribution in [1.29, 1.82) is 0 Å². The van der Waals surface area contributed by atoms with Gasteiger partial charge >= 0.3 is 6.18 Å². The van der Waals surface area contributed by atoms with Crippen LogP contribution < -0.4 is 14.4 Å². The van der Waals surface area contributed by atoms with E-state index in [0.717, 1.165) is 6.20 Å². The summed E-state index contributed by atoms with van der Waals surface area (Å²) in [5, 5.41) is 0. The molecule has 3 aromatic rings. The smallest absolute Gasteiger partial charge is 0.423 e. The van der Waals surface area contributed by atoms with Crippen molar-refractivity contribution in [2.75, 3.05) is 18.6 Å². The number of para-hydroxylation sites is 3. The van der Waals surface area contributed by atoms with Gasteiger partial charge in [-0.15, -0.1) is 0 Å². The molecular formula is C20H18F3N3O2. The summed E-state index contributed by atoms with van der Waals surface area (Å²) in [5.41, 5.74) is -0.429. The standard InChI is InChI=1S/C20H18F3N3O2/c1-3-27-17-12-8-7-11-16(17)26(2)19-24-13-15(20(21,22)23)18(25-19)28-14-9-5-4-6-10-14/h4-13H,3H2,1-2H3. The Morgan fingerprint density at radius 2 is 1.68 bits per heavy atom. The fourth-order valence-electron chi connectivity index (χ4n) is 2.51. The molecule has 28 heavy (non-hydrogen) atoms. The molecule has 2 aromatic carbocycles. The third-order valence-corrected chi connectivity index (χ3v) is 3.83. The second-order valence-corrected chi connectivity index (χ2v) is 5.76. The molecular weight excluding hydrogens is 371 g/mol. The molecule has 0 unspecified atom stereocenters.